The summed E-state index contributed by atoms with van der Waals surface area (Å²) in [4.78, 5) is 29.6. The summed E-state index contributed by atoms with van der Waals surface area (Å²) in [6.07, 6.45) is 3.09. The van der Waals surface area contributed by atoms with Crippen molar-refractivity contribution >= 4 is 28.2 Å². The molecule has 0 radical (unpaired) electrons. The molecule has 0 saturated heterocycles. The number of anilines is 1. The van der Waals surface area contributed by atoms with E-state index in [0.717, 1.165) is 16.7 Å². The number of nitrogens with zero attached hydrogens (tertiary/aromatic N) is 1. The van der Waals surface area contributed by atoms with Gasteiger partial charge in [0.25, 0.3) is 11.8 Å². The lowest BCUT2D eigenvalue weighted by atomic mass is 10.2. The van der Waals surface area contributed by atoms with E-state index in [0.29, 0.717) is 28.9 Å². The highest BCUT2D eigenvalue weighted by atomic mass is 32.1. The molecule has 7 nitrogen and oxygen atoms in total. The number of benzene rings is 1. The molecule has 32 heavy (non-hydrogen) atoms. The molecule has 3 aromatic heterocycles. The third kappa shape index (κ3) is 5.41. The minimum Gasteiger partial charge on any atom is -0.473 e. The zero-order chi connectivity index (χ0) is 22.3. The lowest BCUT2D eigenvalue weighted by molar-refractivity contribution is 0.0953. The Morgan fingerprint density at radius 2 is 1.88 bits per heavy atom. The zero-order valence-electron chi connectivity index (χ0n) is 17.3. The number of pyridine rings is 1. The second-order valence-corrected chi connectivity index (χ2v) is 8.07. The fourth-order valence-electron chi connectivity index (χ4n) is 2.98. The smallest absolute Gasteiger partial charge is 0.291 e. The topological polar surface area (TPSA) is 93.5 Å². The number of hydrogen-bond acceptors (Lipinski definition) is 6. The van der Waals surface area contributed by atoms with Gasteiger partial charge in [0.2, 0.25) is 5.88 Å². The molecule has 1 aromatic carbocycles. The largest absolute Gasteiger partial charge is 0.473 e. The molecule has 2 N–H and O–H groups in total. The maximum Gasteiger partial charge on any atom is 0.291 e. The van der Waals surface area contributed by atoms with Crippen LogP contribution in [0.25, 0.3) is 0 Å². The number of amides is 2. The van der Waals surface area contributed by atoms with Gasteiger partial charge >= 0.3 is 0 Å². The first-order chi connectivity index (χ1) is 15.6. The predicted molar refractivity (Wildman–Crippen MR) is 122 cm³/mol. The van der Waals surface area contributed by atoms with Crippen LogP contribution in [0.15, 0.2) is 77.5 Å². The van der Waals surface area contributed by atoms with Gasteiger partial charge < -0.3 is 19.8 Å². The first-order valence-corrected chi connectivity index (χ1v) is 10.8. The Bertz CT molecular complexity index is 1200. The highest BCUT2D eigenvalue weighted by Gasteiger charge is 2.16. The van der Waals surface area contributed by atoms with Crippen molar-refractivity contribution < 1.29 is 18.7 Å². The van der Waals surface area contributed by atoms with E-state index >= 15 is 0 Å². The van der Waals surface area contributed by atoms with Gasteiger partial charge in [0.15, 0.2) is 5.76 Å². The fraction of sp³-hybridized carbons (Fsp3) is 0.125. The number of carbonyl (C=O) groups is 2. The lowest BCUT2D eigenvalue weighted by Gasteiger charge is -2.08. The number of ether oxygens (including phenoxy) is 1. The van der Waals surface area contributed by atoms with Gasteiger partial charge in [0.1, 0.15) is 6.61 Å². The Kier molecular flexibility index (Phi) is 6.62. The molecule has 3 heterocycles. The average molecular weight is 448 g/mol. The number of rotatable bonds is 8. The number of furan rings is 1. The van der Waals surface area contributed by atoms with Crippen LogP contribution in [-0.4, -0.2) is 16.8 Å². The van der Waals surface area contributed by atoms with Crippen LogP contribution >= 0.6 is 11.3 Å². The molecule has 4 aromatic rings. The third-order valence-corrected chi connectivity index (χ3v) is 5.74. The molecular formula is C24H21N3O4S. The van der Waals surface area contributed by atoms with E-state index in [4.69, 9.17) is 9.15 Å². The van der Waals surface area contributed by atoms with E-state index in [1.165, 1.54) is 17.6 Å². The quantitative estimate of drug-likeness (QED) is 0.404. The summed E-state index contributed by atoms with van der Waals surface area (Å²) in [5.74, 6) is 0.137. The van der Waals surface area contributed by atoms with Crippen molar-refractivity contribution in [2.45, 2.75) is 20.1 Å². The van der Waals surface area contributed by atoms with E-state index in [9.17, 15) is 9.59 Å². The lowest BCUT2D eigenvalue weighted by Crippen LogP contribution is -2.22. The molecule has 0 aliphatic rings. The summed E-state index contributed by atoms with van der Waals surface area (Å²) >= 11 is 1.21. The van der Waals surface area contributed by atoms with Gasteiger partial charge in [0, 0.05) is 18.8 Å². The second-order valence-electron chi connectivity index (χ2n) is 7.01. The fourth-order valence-corrected chi connectivity index (χ4v) is 3.97. The summed E-state index contributed by atoms with van der Waals surface area (Å²) < 4.78 is 10.8. The summed E-state index contributed by atoms with van der Waals surface area (Å²) in [5, 5.41) is 6.24. The van der Waals surface area contributed by atoms with Crippen LogP contribution in [0.4, 0.5) is 5.00 Å². The number of thiophene rings is 1. The number of hydrogen-bond donors (Lipinski definition) is 2. The van der Waals surface area contributed by atoms with Gasteiger partial charge in [-0.3, -0.25) is 9.59 Å². The Morgan fingerprint density at radius 1 is 1.03 bits per heavy atom. The maximum absolute atomic E-state index is 12.7. The summed E-state index contributed by atoms with van der Waals surface area (Å²) in [6, 6.07) is 18.5. The Balaban J connectivity index is 1.33. The number of aryl methyl sites for hydroxylation is 1. The number of aromatic nitrogens is 1. The average Bonchev–Trinajstić information content (AvgIpc) is 3.47. The van der Waals surface area contributed by atoms with Crippen molar-refractivity contribution in [2.75, 3.05) is 5.32 Å². The number of nitrogens with one attached hydrogen (secondary N) is 2. The summed E-state index contributed by atoms with van der Waals surface area (Å²) in [6.45, 7) is 2.58. The molecule has 0 bridgehead atoms. The normalized spacial score (nSPS) is 10.5. The molecule has 162 valence electrons. The van der Waals surface area contributed by atoms with Gasteiger partial charge in [0.05, 0.1) is 16.1 Å². The van der Waals surface area contributed by atoms with Crippen molar-refractivity contribution in [3.05, 3.63) is 100 Å². The van der Waals surface area contributed by atoms with Crippen molar-refractivity contribution in [3.63, 3.8) is 0 Å². The van der Waals surface area contributed by atoms with Crippen molar-refractivity contribution in [3.8, 4) is 5.88 Å². The molecule has 0 aliphatic carbocycles. The van der Waals surface area contributed by atoms with Gasteiger partial charge in [-0.1, -0.05) is 30.3 Å². The highest BCUT2D eigenvalue weighted by Crippen LogP contribution is 2.27. The Hall–Kier alpha value is -3.91. The molecule has 0 atom stereocenters. The second kappa shape index (κ2) is 9.93. The minimum absolute atomic E-state index is 0.213. The first-order valence-electron chi connectivity index (χ1n) is 9.93. The zero-order valence-corrected chi connectivity index (χ0v) is 18.1. The van der Waals surface area contributed by atoms with Gasteiger partial charge in [-0.05, 0) is 47.9 Å². The first kappa shape index (κ1) is 21.3. The molecule has 0 aliphatic heterocycles. The van der Waals surface area contributed by atoms with Gasteiger partial charge in [-0.25, -0.2) is 4.98 Å². The molecule has 0 saturated carbocycles. The van der Waals surface area contributed by atoms with Gasteiger partial charge in [-0.15, -0.1) is 11.3 Å². The van der Waals surface area contributed by atoms with E-state index in [1.807, 2.05) is 43.3 Å². The molecule has 0 spiro atoms. The molecule has 4 rings (SSSR count). The Morgan fingerprint density at radius 3 is 2.66 bits per heavy atom. The maximum atomic E-state index is 12.7. The van der Waals surface area contributed by atoms with Crippen LogP contribution < -0.4 is 15.4 Å². The standard InChI is InChI=1S/C24H21N3O4S/c1-16-12-21(27-23(28)19-8-5-11-30-19)32-22(16)24(29)26-14-18-9-10-25-20(13-18)31-15-17-6-3-2-4-7-17/h2-13H,14-15H2,1H3,(H,26,29)(H,27,28). The number of carbonyl (C=O) groups excluding carboxylic acids is 2. The van der Waals surface area contributed by atoms with Crippen LogP contribution in [0.2, 0.25) is 0 Å². The summed E-state index contributed by atoms with van der Waals surface area (Å²) in [5.41, 5.74) is 2.71. The van der Waals surface area contributed by atoms with E-state index in [2.05, 4.69) is 15.6 Å². The van der Waals surface area contributed by atoms with E-state index < -0.39 is 0 Å². The van der Waals surface area contributed by atoms with Crippen molar-refractivity contribution in [1.29, 1.82) is 0 Å². The SMILES string of the molecule is Cc1cc(NC(=O)c2ccco2)sc1C(=O)NCc1ccnc(OCc2ccccc2)c1. The molecule has 0 unspecified atom stereocenters. The van der Waals surface area contributed by atoms with Crippen LogP contribution in [-0.2, 0) is 13.2 Å². The highest BCUT2D eigenvalue weighted by molar-refractivity contribution is 7.18. The molecular weight excluding hydrogens is 426 g/mol. The van der Waals surface area contributed by atoms with Crippen LogP contribution in [0.3, 0.4) is 0 Å². The van der Waals surface area contributed by atoms with Crippen molar-refractivity contribution in [1.82, 2.24) is 10.3 Å². The van der Waals surface area contributed by atoms with E-state index in [-0.39, 0.29) is 17.6 Å². The van der Waals surface area contributed by atoms with Crippen LogP contribution in [0.1, 0.15) is 36.9 Å². The predicted octanol–water partition coefficient (Wildman–Crippen LogP) is 4.81. The van der Waals surface area contributed by atoms with E-state index in [1.54, 1.807) is 30.5 Å². The third-order valence-electron chi connectivity index (χ3n) is 4.59. The minimum atomic E-state index is -0.358. The summed E-state index contributed by atoms with van der Waals surface area (Å²) in [7, 11) is 0. The Labute approximate surface area is 189 Å². The van der Waals surface area contributed by atoms with Crippen LogP contribution in [0, 0.1) is 6.92 Å². The van der Waals surface area contributed by atoms with Gasteiger partial charge in [-0.2, -0.15) is 0 Å². The molecule has 0 fully saturated rings. The van der Waals surface area contributed by atoms with Crippen molar-refractivity contribution in [2.24, 2.45) is 0 Å². The molecule has 8 heteroatoms. The monoisotopic (exact) mass is 447 g/mol. The molecule has 2 amide bonds. The van der Waals surface area contributed by atoms with Crippen LogP contribution in [0.5, 0.6) is 5.88 Å².